The quantitative estimate of drug-likeness (QED) is 0.173. The number of allylic oxidation sites excluding steroid dienone is 2. The number of para-hydroxylation sites is 2. The minimum absolute atomic E-state index is 0.0476. The third-order valence-corrected chi connectivity index (χ3v) is 5.20. The standard InChI is InChI=1S/C27H33N3.Fe.2HI/c1-19(29-25-15-11-9-13-22(25)27(5,6)7)23-17-16-20(30-23)18-28-24-14-10-8-12-21(24)26(2,3)4;;;/h8-15,17-18H,16H2,1-7H3;;2*1H/q;+2;;/p-2. The molecule has 0 N–H and O–H groups in total. The molecular formula is C27H33FeI2N3. The molecule has 1 aliphatic rings. The van der Waals surface area contributed by atoms with Crippen LogP contribution in [0, 0.1) is 0 Å². The molecule has 0 fully saturated rings. The first kappa shape index (κ1) is 28.4. The summed E-state index contributed by atoms with van der Waals surface area (Å²) in [5.74, 6) is 0. The third kappa shape index (κ3) is 8.71. The molecule has 33 heavy (non-hydrogen) atoms. The molecule has 2 aromatic rings. The molecule has 0 spiro atoms. The van der Waals surface area contributed by atoms with Gasteiger partial charge in [0, 0.05) is 12.6 Å². The SMILES string of the molecule is CC(=Nc1ccccc1C(C)(C)C)C1=CCC(C=Nc2ccccc2C(C)(C)C)=N1.[I][Fe][I]. The van der Waals surface area contributed by atoms with Crippen LogP contribution < -0.4 is 0 Å². The van der Waals surface area contributed by atoms with Gasteiger partial charge in [-0.3, -0.25) is 9.98 Å². The van der Waals surface area contributed by atoms with Gasteiger partial charge in [-0.1, -0.05) is 84.0 Å². The molecule has 6 heteroatoms. The fraction of sp³-hybridized carbons (Fsp3) is 0.370. The number of aliphatic imine (C=N–C) groups is 3. The van der Waals surface area contributed by atoms with Crippen LogP contribution >= 0.6 is 40.7 Å². The zero-order chi connectivity index (χ0) is 24.6. The molecule has 0 bridgehead atoms. The maximum absolute atomic E-state index is 4.90. The summed E-state index contributed by atoms with van der Waals surface area (Å²) in [6.07, 6.45) is 4.81. The fourth-order valence-corrected chi connectivity index (χ4v) is 3.57. The van der Waals surface area contributed by atoms with Crippen molar-refractivity contribution in [3.05, 3.63) is 71.4 Å². The van der Waals surface area contributed by atoms with Gasteiger partial charge in [-0.05, 0) is 41.0 Å². The molecule has 1 aliphatic heterocycles. The van der Waals surface area contributed by atoms with Gasteiger partial charge >= 0.3 is 49.1 Å². The Morgan fingerprint density at radius 2 is 1.36 bits per heavy atom. The van der Waals surface area contributed by atoms with Gasteiger partial charge in [-0.25, -0.2) is 4.99 Å². The van der Waals surface area contributed by atoms with E-state index in [0.29, 0.717) is 0 Å². The molecule has 0 unspecified atom stereocenters. The second-order valence-corrected chi connectivity index (χ2v) is 19.3. The van der Waals surface area contributed by atoms with Crippen LogP contribution in [0.25, 0.3) is 0 Å². The summed E-state index contributed by atoms with van der Waals surface area (Å²) in [5, 5.41) is 0. The van der Waals surface area contributed by atoms with E-state index in [1.165, 1.54) is 19.6 Å². The van der Waals surface area contributed by atoms with Gasteiger partial charge in [0.25, 0.3) is 0 Å². The molecule has 0 amide bonds. The average Bonchev–Trinajstić information content (AvgIpc) is 3.21. The van der Waals surface area contributed by atoms with E-state index in [0.717, 1.165) is 34.9 Å². The Morgan fingerprint density at radius 3 is 1.91 bits per heavy atom. The van der Waals surface area contributed by atoms with Gasteiger partial charge in [-0.2, -0.15) is 0 Å². The van der Waals surface area contributed by atoms with Crippen molar-refractivity contribution in [3.63, 3.8) is 0 Å². The first-order chi connectivity index (χ1) is 15.5. The molecule has 1 heterocycles. The summed E-state index contributed by atoms with van der Waals surface area (Å²) in [5.41, 5.74) is 7.44. The molecule has 3 rings (SSSR count). The third-order valence-electron chi connectivity index (χ3n) is 5.20. The van der Waals surface area contributed by atoms with Gasteiger partial charge in [0.2, 0.25) is 0 Å². The molecule has 0 radical (unpaired) electrons. The Kier molecular flexibility index (Phi) is 11.0. The zero-order valence-electron chi connectivity index (χ0n) is 20.4. The van der Waals surface area contributed by atoms with Crippen molar-refractivity contribution in [1.82, 2.24) is 0 Å². The van der Waals surface area contributed by atoms with E-state index < -0.39 is 0 Å². The Bertz CT molecular complexity index is 1070. The van der Waals surface area contributed by atoms with Gasteiger partial charge in [-0.15, -0.1) is 0 Å². The normalized spacial score (nSPS) is 14.8. The molecule has 0 saturated heterocycles. The van der Waals surface area contributed by atoms with Crippen LogP contribution in [0.15, 0.2) is 75.3 Å². The van der Waals surface area contributed by atoms with Crippen LogP contribution in [0.2, 0.25) is 0 Å². The van der Waals surface area contributed by atoms with E-state index in [4.69, 9.17) is 15.0 Å². The molecular weight excluding hydrogens is 676 g/mol. The van der Waals surface area contributed by atoms with Crippen molar-refractivity contribution < 1.29 is 8.46 Å². The number of rotatable bonds is 4. The molecule has 2 aromatic carbocycles. The number of hydrogen-bond donors (Lipinski definition) is 0. The van der Waals surface area contributed by atoms with Crippen molar-refractivity contribution >= 4 is 69.7 Å². The fourth-order valence-electron chi connectivity index (χ4n) is 3.57. The second kappa shape index (κ2) is 12.8. The number of halogens is 2. The first-order valence-corrected chi connectivity index (χ1v) is 18.0. The predicted molar refractivity (Wildman–Crippen MR) is 159 cm³/mol. The maximum atomic E-state index is 4.90. The average molecular weight is 709 g/mol. The predicted octanol–water partition coefficient (Wildman–Crippen LogP) is 9.27. The van der Waals surface area contributed by atoms with E-state index in [1.807, 2.05) is 25.3 Å². The first-order valence-electron chi connectivity index (χ1n) is 10.9. The topological polar surface area (TPSA) is 37.1 Å². The van der Waals surface area contributed by atoms with Gasteiger partial charge < -0.3 is 0 Å². The van der Waals surface area contributed by atoms with E-state index >= 15 is 0 Å². The van der Waals surface area contributed by atoms with E-state index in [9.17, 15) is 0 Å². The summed E-state index contributed by atoms with van der Waals surface area (Å²) in [6, 6.07) is 16.7. The van der Waals surface area contributed by atoms with Gasteiger partial charge in [0.15, 0.2) is 0 Å². The van der Waals surface area contributed by atoms with Crippen LogP contribution in [0.4, 0.5) is 11.4 Å². The van der Waals surface area contributed by atoms with Crippen molar-refractivity contribution in [2.45, 2.75) is 65.7 Å². The number of nitrogens with zero attached hydrogens (tertiary/aromatic N) is 3. The van der Waals surface area contributed by atoms with Crippen LogP contribution in [-0.4, -0.2) is 17.6 Å². The molecule has 0 aromatic heterocycles. The van der Waals surface area contributed by atoms with Crippen molar-refractivity contribution in [1.29, 1.82) is 0 Å². The molecule has 0 aliphatic carbocycles. The van der Waals surface area contributed by atoms with Crippen molar-refractivity contribution in [2.24, 2.45) is 15.0 Å². The molecule has 3 nitrogen and oxygen atoms in total. The van der Waals surface area contributed by atoms with Gasteiger partial charge in [0.1, 0.15) is 0 Å². The van der Waals surface area contributed by atoms with Crippen LogP contribution in [0.1, 0.15) is 66.0 Å². The Morgan fingerprint density at radius 1 is 0.879 bits per heavy atom. The summed E-state index contributed by atoms with van der Waals surface area (Å²) >= 11 is 4.55. The molecule has 0 atom stereocenters. The summed E-state index contributed by atoms with van der Waals surface area (Å²) in [7, 11) is 1.19. The van der Waals surface area contributed by atoms with E-state index in [-0.39, 0.29) is 10.8 Å². The van der Waals surface area contributed by atoms with Crippen LogP contribution in [-0.2, 0) is 19.3 Å². The zero-order valence-corrected chi connectivity index (χ0v) is 25.9. The summed E-state index contributed by atoms with van der Waals surface area (Å²) in [6.45, 7) is 15.3. The van der Waals surface area contributed by atoms with E-state index in [1.54, 1.807) is 0 Å². The molecule has 178 valence electrons. The van der Waals surface area contributed by atoms with Crippen molar-refractivity contribution in [2.75, 3.05) is 0 Å². The minimum atomic E-state index is 0.0476. The van der Waals surface area contributed by atoms with Crippen LogP contribution in [0.3, 0.4) is 0 Å². The summed E-state index contributed by atoms with van der Waals surface area (Å²) < 4.78 is 0. The Hall–Kier alpha value is -0.831. The number of benzene rings is 2. The van der Waals surface area contributed by atoms with Gasteiger partial charge in [0.05, 0.1) is 28.5 Å². The monoisotopic (exact) mass is 709 g/mol. The second-order valence-electron chi connectivity index (χ2n) is 9.94. The van der Waals surface area contributed by atoms with E-state index in [2.05, 4.69) is 125 Å². The van der Waals surface area contributed by atoms with Crippen molar-refractivity contribution in [3.8, 4) is 0 Å². The Labute approximate surface area is 228 Å². The Balaban J connectivity index is 0.00000122. The summed E-state index contributed by atoms with van der Waals surface area (Å²) in [4.78, 5) is 14.4. The number of hydrogen-bond acceptors (Lipinski definition) is 3. The van der Waals surface area contributed by atoms with Crippen LogP contribution in [0.5, 0.6) is 0 Å². The molecule has 0 saturated carbocycles.